The lowest BCUT2D eigenvalue weighted by Crippen LogP contribution is -2.31. The largest absolute Gasteiger partial charge is 0.464 e. The number of carbonyl (C=O) groups excluding carboxylic acids is 1. The van der Waals surface area contributed by atoms with Gasteiger partial charge in [0.15, 0.2) is 6.10 Å². The van der Waals surface area contributed by atoms with E-state index in [0.717, 1.165) is 12.5 Å². The lowest BCUT2D eigenvalue weighted by Gasteiger charge is -2.15. The molecule has 0 aliphatic carbocycles. The third-order valence-electron chi connectivity index (χ3n) is 2.43. The zero-order chi connectivity index (χ0) is 17.7. The van der Waals surface area contributed by atoms with Crippen LogP contribution >= 0.6 is 0 Å². The number of rotatable bonds is 8. The smallest absolute Gasteiger partial charge is 0.337 e. The van der Waals surface area contributed by atoms with Gasteiger partial charge in [0.2, 0.25) is 0 Å². The van der Waals surface area contributed by atoms with Crippen molar-refractivity contribution in [2.75, 3.05) is 19.1 Å². The van der Waals surface area contributed by atoms with Gasteiger partial charge in [-0.2, -0.15) is 16.8 Å². The van der Waals surface area contributed by atoms with E-state index in [4.69, 9.17) is 8.92 Å². The third-order valence-corrected chi connectivity index (χ3v) is 3.51. The lowest BCUT2D eigenvalue weighted by atomic mass is 10.1. The van der Waals surface area contributed by atoms with Gasteiger partial charge in [0.1, 0.15) is 5.75 Å². The highest BCUT2D eigenvalue weighted by molar-refractivity contribution is 7.86. The van der Waals surface area contributed by atoms with Crippen LogP contribution in [0.2, 0.25) is 0 Å². The van der Waals surface area contributed by atoms with E-state index in [1.54, 1.807) is 6.92 Å². The predicted octanol–water partition coefficient (Wildman–Crippen LogP) is 0.475. The van der Waals surface area contributed by atoms with Crippen molar-refractivity contribution < 1.29 is 34.7 Å². The second-order valence-electron chi connectivity index (χ2n) is 4.68. The summed E-state index contributed by atoms with van der Waals surface area (Å²) in [7, 11) is -7.48. The Balaban J connectivity index is 2.88. The molecule has 1 unspecified atom stereocenters. The van der Waals surface area contributed by atoms with Crippen LogP contribution in [0.15, 0.2) is 24.3 Å². The minimum absolute atomic E-state index is 0.0505. The van der Waals surface area contributed by atoms with Gasteiger partial charge in [0.05, 0.1) is 19.1 Å². The molecule has 1 atom stereocenters. The summed E-state index contributed by atoms with van der Waals surface area (Å²) in [6, 6.07) is 5.77. The van der Waals surface area contributed by atoms with Crippen LogP contribution in [0.25, 0.3) is 0 Å². The van der Waals surface area contributed by atoms with Crippen molar-refractivity contribution in [3.8, 4) is 5.75 Å². The van der Waals surface area contributed by atoms with E-state index < -0.39 is 32.3 Å². The van der Waals surface area contributed by atoms with Crippen molar-refractivity contribution in [2.45, 2.75) is 19.4 Å². The minimum atomic E-state index is -3.84. The van der Waals surface area contributed by atoms with Crippen molar-refractivity contribution in [1.29, 1.82) is 0 Å². The maximum absolute atomic E-state index is 11.8. The molecule has 0 saturated heterocycles. The van der Waals surface area contributed by atoms with Gasteiger partial charge in [-0.3, -0.25) is 4.18 Å². The first-order valence-corrected chi connectivity index (χ1v) is 10.2. The molecule has 1 rings (SSSR count). The van der Waals surface area contributed by atoms with E-state index in [1.165, 1.54) is 24.3 Å². The predicted molar refractivity (Wildman–Crippen MR) is 82.0 cm³/mol. The van der Waals surface area contributed by atoms with Gasteiger partial charge in [-0.25, -0.2) is 4.79 Å². The first kappa shape index (κ1) is 19.4. The summed E-state index contributed by atoms with van der Waals surface area (Å²) >= 11 is 0. The first-order chi connectivity index (χ1) is 10.5. The Morgan fingerprint density at radius 1 is 1.04 bits per heavy atom. The minimum Gasteiger partial charge on any atom is -0.464 e. The van der Waals surface area contributed by atoms with E-state index in [9.17, 15) is 21.6 Å². The Bertz CT molecular complexity index is 735. The first-order valence-electron chi connectivity index (χ1n) is 6.53. The topological polar surface area (TPSA) is 113 Å². The molecule has 1 aromatic carbocycles. The third kappa shape index (κ3) is 7.95. The van der Waals surface area contributed by atoms with Crippen LogP contribution in [0, 0.1) is 0 Å². The maximum atomic E-state index is 11.8. The normalized spacial score (nSPS) is 13.3. The van der Waals surface area contributed by atoms with Crippen LogP contribution in [0.4, 0.5) is 0 Å². The molecular formula is C13H18O8S2. The summed E-state index contributed by atoms with van der Waals surface area (Å²) < 4.78 is 58.7. The average Bonchev–Trinajstić information content (AvgIpc) is 2.37. The zero-order valence-electron chi connectivity index (χ0n) is 12.9. The molecular weight excluding hydrogens is 348 g/mol. The monoisotopic (exact) mass is 366 g/mol. The number of ether oxygens (including phenoxy) is 1. The zero-order valence-corrected chi connectivity index (χ0v) is 14.5. The SMILES string of the molecule is CCOC(=O)C(Cc1ccc(OS(C)(=O)=O)cc1)OS(C)(=O)=O. The Morgan fingerprint density at radius 3 is 2.04 bits per heavy atom. The standard InChI is InChI=1S/C13H18O8S2/c1-4-19-13(14)12(21-23(3,17)18)9-10-5-7-11(8-6-10)20-22(2,15)16/h5-8,12H,4,9H2,1-3H3. The van der Waals surface area contributed by atoms with Gasteiger partial charge in [0.25, 0.3) is 10.1 Å². The molecule has 1 aromatic rings. The van der Waals surface area contributed by atoms with E-state index >= 15 is 0 Å². The van der Waals surface area contributed by atoms with E-state index in [2.05, 4.69) is 4.18 Å². The Kier molecular flexibility index (Phi) is 6.54. The summed E-state index contributed by atoms with van der Waals surface area (Å²) in [5.74, 6) is -0.692. The van der Waals surface area contributed by atoms with Crippen LogP contribution in [-0.4, -0.2) is 48.0 Å². The van der Waals surface area contributed by atoms with Crippen LogP contribution in [0.5, 0.6) is 5.75 Å². The highest BCUT2D eigenvalue weighted by atomic mass is 32.2. The summed E-state index contributed by atoms with van der Waals surface area (Å²) in [4.78, 5) is 11.8. The summed E-state index contributed by atoms with van der Waals surface area (Å²) in [6.45, 7) is 1.68. The average molecular weight is 366 g/mol. The van der Waals surface area contributed by atoms with Crippen molar-refractivity contribution in [3.05, 3.63) is 29.8 Å². The van der Waals surface area contributed by atoms with Crippen molar-refractivity contribution in [1.82, 2.24) is 0 Å². The molecule has 10 heteroatoms. The van der Waals surface area contributed by atoms with Crippen molar-refractivity contribution in [3.63, 3.8) is 0 Å². The summed E-state index contributed by atoms with van der Waals surface area (Å²) in [6.07, 6.45) is 0.386. The highest BCUT2D eigenvalue weighted by Crippen LogP contribution is 2.17. The van der Waals surface area contributed by atoms with Gasteiger partial charge in [-0.1, -0.05) is 12.1 Å². The van der Waals surface area contributed by atoms with Gasteiger partial charge >= 0.3 is 16.1 Å². The van der Waals surface area contributed by atoms with Gasteiger partial charge < -0.3 is 8.92 Å². The number of benzene rings is 1. The molecule has 0 spiro atoms. The Hall–Kier alpha value is -1.65. The molecule has 0 fully saturated rings. The molecule has 0 aromatic heterocycles. The number of hydrogen-bond acceptors (Lipinski definition) is 8. The molecule has 0 saturated carbocycles. The van der Waals surface area contributed by atoms with Crippen LogP contribution in [0.3, 0.4) is 0 Å². The van der Waals surface area contributed by atoms with Gasteiger partial charge in [-0.15, -0.1) is 0 Å². The molecule has 0 amide bonds. The molecule has 23 heavy (non-hydrogen) atoms. The molecule has 0 N–H and O–H groups in total. The van der Waals surface area contributed by atoms with Crippen LogP contribution < -0.4 is 4.18 Å². The van der Waals surface area contributed by atoms with Crippen LogP contribution in [-0.2, 0) is 40.4 Å². The fourth-order valence-electron chi connectivity index (χ4n) is 1.67. The number of carbonyl (C=O) groups is 1. The molecule has 8 nitrogen and oxygen atoms in total. The fourth-order valence-corrected chi connectivity index (χ4v) is 2.70. The van der Waals surface area contributed by atoms with E-state index in [-0.39, 0.29) is 18.8 Å². The van der Waals surface area contributed by atoms with Crippen molar-refractivity contribution >= 4 is 26.2 Å². The summed E-state index contributed by atoms with van der Waals surface area (Å²) in [5.41, 5.74) is 0.549. The fraction of sp³-hybridized carbons (Fsp3) is 0.462. The molecule has 0 bridgehead atoms. The second-order valence-corrected chi connectivity index (χ2v) is 7.85. The van der Waals surface area contributed by atoms with Gasteiger partial charge in [-0.05, 0) is 24.6 Å². The molecule has 0 heterocycles. The van der Waals surface area contributed by atoms with Crippen molar-refractivity contribution in [2.24, 2.45) is 0 Å². The van der Waals surface area contributed by atoms with E-state index in [0.29, 0.717) is 5.56 Å². The highest BCUT2D eigenvalue weighted by Gasteiger charge is 2.25. The number of esters is 1. The number of hydrogen-bond donors (Lipinski definition) is 0. The molecule has 0 aliphatic heterocycles. The van der Waals surface area contributed by atoms with Gasteiger partial charge in [0, 0.05) is 6.42 Å². The Morgan fingerprint density at radius 2 is 1.61 bits per heavy atom. The molecule has 130 valence electrons. The Labute approximate surface area is 135 Å². The second kappa shape index (κ2) is 7.75. The maximum Gasteiger partial charge on any atom is 0.337 e. The quantitative estimate of drug-likeness (QED) is 0.482. The van der Waals surface area contributed by atoms with Crippen LogP contribution in [0.1, 0.15) is 12.5 Å². The molecule has 0 aliphatic rings. The molecule has 0 radical (unpaired) electrons. The lowest BCUT2D eigenvalue weighted by molar-refractivity contribution is -0.151. The summed E-state index contributed by atoms with van der Waals surface area (Å²) in [5, 5.41) is 0. The van der Waals surface area contributed by atoms with E-state index in [1.807, 2.05) is 0 Å².